The van der Waals surface area contributed by atoms with Crippen molar-refractivity contribution in [2.24, 2.45) is 11.8 Å². The Morgan fingerprint density at radius 1 is 1.16 bits per heavy atom. The Balaban J connectivity index is 1.34. The van der Waals surface area contributed by atoms with Crippen molar-refractivity contribution in [2.45, 2.75) is 51.0 Å². The fourth-order valence-corrected chi connectivity index (χ4v) is 5.62. The van der Waals surface area contributed by atoms with Gasteiger partial charge in [0.25, 0.3) is 0 Å². The zero-order valence-corrected chi connectivity index (χ0v) is 21.5. The molecule has 1 aromatic heterocycles. The molecular weight excluding hydrogens is 471 g/mol. The van der Waals surface area contributed by atoms with Crippen LogP contribution in [-0.2, 0) is 11.2 Å². The number of fused-ring (bicyclic) bond motifs is 1. The molecule has 0 amide bonds. The van der Waals surface area contributed by atoms with E-state index in [1.807, 2.05) is 36.4 Å². The standard InChI is InChI=1S/C30H37FN2O4/c1-37-25-10-11-28-27(19-25)26(14-16-32-28)29(34)12-6-22-15-18-33(20-23(22)7-13-30(35)36)17-2-3-21-4-8-24(31)9-5-21/h4-5,8-11,14,16,19,22-23,29,34H,2-3,6-7,12-13,15,17-18,20H2,1H3,(H,35,36)/t22-,23+,29?/m1/s1. The summed E-state index contributed by atoms with van der Waals surface area (Å²) in [5, 5.41) is 21.3. The first-order valence-electron chi connectivity index (χ1n) is 13.2. The van der Waals surface area contributed by atoms with Gasteiger partial charge in [-0.2, -0.15) is 0 Å². The van der Waals surface area contributed by atoms with Gasteiger partial charge in [0.15, 0.2) is 0 Å². The second-order valence-corrected chi connectivity index (χ2v) is 10.1. The molecule has 2 heterocycles. The number of carboxylic acids is 1. The Labute approximate surface area is 218 Å². The molecule has 3 aromatic rings. The Hall–Kier alpha value is -3.03. The van der Waals surface area contributed by atoms with Crippen molar-refractivity contribution in [1.82, 2.24) is 9.88 Å². The summed E-state index contributed by atoms with van der Waals surface area (Å²) < 4.78 is 18.5. The number of aromatic nitrogens is 1. The largest absolute Gasteiger partial charge is 0.497 e. The summed E-state index contributed by atoms with van der Waals surface area (Å²) in [6, 6.07) is 14.2. The van der Waals surface area contributed by atoms with Gasteiger partial charge in [0.1, 0.15) is 11.6 Å². The number of aliphatic hydroxyl groups is 1. The average Bonchev–Trinajstić information content (AvgIpc) is 2.91. The van der Waals surface area contributed by atoms with Gasteiger partial charge in [-0.3, -0.25) is 9.78 Å². The highest BCUT2D eigenvalue weighted by Crippen LogP contribution is 2.35. The lowest BCUT2D eigenvalue weighted by molar-refractivity contribution is -0.137. The maximum atomic E-state index is 13.1. The van der Waals surface area contributed by atoms with Crippen LogP contribution in [0.5, 0.6) is 5.75 Å². The fourth-order valence-electron chi connectivity index (χ4n) is 5.62. The van der Waals surface area contributed by atoms with Gasteiger partial charge in [0.05, 0.1) is 18.7 Å². The molecule has 0 spiro atoms. The maximum Gasteiger partial charge on any atom is 0.303 e. The third-order valence-electron chi connectivity index (χ3n) is 7.71. The predicted octanol–water partition coefficient (Wildman–Crippen LogP) is 5.63. The summed E-state index contributed by atoms with van der Waals surface area (Å²) in [6.07, 6.45) is 6.29. The quantitative estimate of drug-likeness (QED) is 0.330. The van der Waals surface area contributed by atoms with Gasteiger partial charge < -0.3 is 19.8 Å². The van der Waals surface area contributed by atoms with Crippen LogP contribution < -0.4 is 4.74 Å². The molecule has 1 unspecified atom stereocenters. The van der Waals surface area contributed by atoms with E-state index in [1.165, 1.54) is 12.1 Å². The van der Waals surface area contributed by atoms with Gasteiger partial charge in [-0.25, -0.2) is 4.39 Å². The lowest BCUT2D eigenvalue weighted by Crippen LogP contribution is -2.41. The number of aliphatic carboxylic acids is 1. The zero-order chi connectivity index (χ0) is 26.2. The number of nitrogens with zero attached hydrogens (tertiary/aromatic N) is 2. The number of carbonyl (C=O) groups is 1. The fraction of sp³-hybridized carbons (Fsp3) is 0.467. The monoisotopic (exact) mass is 508 g/mol. The van der Waals surface area contributed by atoms with Gasteiger partial charge in [-0.05, 0) is 111 Å². The van der Waals surface area contributed by atoms with Crippen LogP contribution in [0.25, 0.3) is 10.9 Å². The summed E-state index contributed by atoms with van der Waals surface area (Å²) in [4.78, 5) is 18.2. The lowest BCUT2D eigenvalue weighted by atomic mass is 9.79. The Kier molecular flexibility index (Phi) is 9.47. The topological polar surface area (TPSA) is 82.9 Å². The number of likely N-dealkylation sites (tertiary alicyclic amines) is 1. The number of aryl methyl sites for hydroxylation is 1. The number of hydrogen-bond acceptors (Lipinski definition) is 5. The number of aliphatic hydroxyl groups excluding tert-OH is 1. The normalized spacial score (nSPS) is 19.1. The number of halogens is 1. The SMILES string of the molecule is COc1ccc2nccc(C(O)CC[C@@H]3CCN(CCCc4ccc(F)cc4)C[C@@H]3CCC(=O)O)c2c1. The van der Waals surface area contributed by atoms with E-state index in [0.29, 0.717) is 18.8 Å². The first-order valence-corrected chi connectivity index (χ1v) is 13.2. The molecule has 0 aliphatic carbocycles. The van der Waals surface area contributed by atoms with E-state index >= 15 is 0 Å². The van der Waals surface area contributed by atoms with Crippen molar-refractivity contribution in [1.29, 1.82) is 0 Å². The van der Waals surface area contributed by atoms with E-state index in [-0.39, 0.29) is 18.2 Å². The number of carboxylic acid groups (broad SMARTS) is 1. The van der Waals surface area contributed by atoms with E-state index in [2.05, 4.69) is 9.88 Å². The molecule has 1 aliphatic heterocycles. The van der Waals surface area contributed by atoms with Gasteiger partial charge in [-0.15, -0.1) is 0 Å². The maximum absolute atomic E-state index is 13.1. The van der Waals surface area contributed by atoms with Crippen molar-refractivity contribution in [2.75, 3.05) is 26.7 Å². The number of piperidine rings is 1. The molecule has 1 aliphatic rings. The highest BCUT2D eigenvalue weighted by Gasteiger charge is 2.30. The van der Waals surface area contributed by atoms with Gasteiger partial charge >= 0.3 is 5.97 Å². The highest BCUT2D eigenvalue weighted by molar-refractivity contribution is 5.83. The molecular formula is C30H37FN2O4. The molecule has 6 nitrogen and oxygen atoms in total. The number of benzene rings is 2. The summed E-state index contributed by atoms with van der Waals surface area (Å²) in [7, 11) is 1.63. The third-order valence-corrected chi connectivity index (χ3v) is 7.71. The Morgan fingerprint density at radius 2 is 1.97 bits per heavy atom. The minimum atomic E-state index is -0.760. The molecule has 0 radical (unpaired) electrons. The van der Waals surface area contributed by atoms with Crippen LogP contribution in [0.15, 0.2) is 54.7 Å². The van der Waals surface area contributed by atoms with E-state index in [9.17, 15) is 19.4 Å². The first-order chi connectivity index (χ1) is 17.9. The second-order valence-electron chi connectivity index (χ2n) is 10.1. The van der Waals surface area contributed by atoms with Gasteiger partial charge in [0.2, 0.25) is 0 Å². The molecule has 4 rings (SSSR count). The molecule has 2 aromatic carbocycles. The zero-order valence-electron chi connectivity index (χ0n) is 21.5. The Morgan fingerprint density at radius 3 is 2.73 bits per heavy atom. The van der Waals surface area contributed by atoms with Crippen molar-refractivity contribution in [3.63, 3.8) is 0 Å². The number of pyridine rings is 1. The van der Waals surface area contributed by atoms with Crippen molar-refractivity contribution >= 4 is 16.9 Å². The van der Waals surface area contributed by atoms with Crippen LogP contribution >= 0.6 is 0 Å². The van der Waals surface area contributed by atoms with Crippen LogP contribution in [0.3, 0.4) is 0 Å². The second kappa shape index (κ2) is 13.0. The van der Waals surface area contributed by atoms with Crippen LogP contribution in [0.4, 0.5) is 4.39 Å². The average molecular weight is 509 g/mol. The van der Waals surface area contributed by atoms with E-state index < -0.39 is 12.1 Å². The summed E-state index contributed by atoms with van der Waals surface area (Å²) >= 11 is 0. The molecule has 7 heteroatoms. The predicted molar refractivity (Wildman–Crippen MR) is 142 cm³/mol. The van der Waals surface area contributed by atoms with Crippen LogP contribution in [0.1, 0.15) is 55.8 Å². The van der Waals surface area contributed by atoms with Crippen LogP contribution in [0.2, 0.25) is 0 Å². The minimum absolute atomic E-state index is 0.169. The van der Waals surface area contributed by atoms with E-state index in [4.69, 9.17) is 4.74 Å². The lowest BCUT2D eigenvalue weighted by Gasteiger charge is -2.39. The van der Waals surface area contributed by atoms with E-state index in [0.717, 1.165) is 73.1 Å². The molecule has 198 valence electrons. The Bertz CT molecular complexity index is 1170. The molecule has 37 heavy (non-hydrogen) atoms. The highest BCUT2D eigenvalue weighted by atomic mass is 19.1. The number of hydrogen-bond donors (Lipinski definition) is 2. The van der Waals surface area contributed by atoms with Gasteiger partial charge in [0, 0.05) is 24.5 Å². The number of rotatable bonds is 12. The molecule has 0 bridgehead atoms. The summed E-state index contributed by atoms with van der Waals surface area (Å²) in [5.41, 5.74) is 2.81. The molecule has 2 N–H and O–H groups in total. The number of methoxy groups -OCH3 is 1. The van der Waals surface area contributed by atoms with Crippen molar-refractivity contribution in [3.05, 3.63) is 71.7 Å². The molecule has 1 fully saturated rings. The molecule has 3 atom stereocenters. The molecule has 1 saturated heterocycles. The van der Waals surface area contributed by atoms with Gasteiger partial charge in [-0.1, -0.05) is 12.1 Å². The summed E-state index contributed by atoms with van der Waals surface area (Å²) in [6.45, 7) is 2.80. The summed E-state index contributed by atoms with van der Waals surface area (Å²) in [5.74, 6) is 0.426. The minimum Gasteiger partial charge on any atom is -0.497 e. The third kappa shape index (κ3) is 7.49. The van der Waals surface area contributed by atoms with Crippen molar-refractivity contribution < 1.29 is 24.1 Å². The van der Waals surface area contributed by atoms with Crippen LogP contribution in [-0.4, -0.2) is 52.8 Å². The van der Waals surface area contributed by atoms with E-state index in [1.54, 1.807) is 13.3 Å². The molecule has 0 saturated carbocycles. The number of ether oxygens (including phenoxy) is 1. The van der Waals surface area contributed by atoms with Crippen LogP contribution in [0, 0.1) is 17.7 Å². The van der Waals surface area contributed by atoms with Crippen molar-refractivity contribution in [3.8, 4) is 5.75 Å². The smallest absolute Gasteiger partial charge is 0.303 e. The first kappa shape index (κ1) is 27.0.